The Morgan fingerprint density at radius 2 is 1.93 bits per heavy atom. The molecule has 6 fully saturated rings. The van der Waals surface area contributed by atoms with Gasteiger partial charge in [0.15, 0.2) is 5.78 Å². The number of hydrogen-bond acceptors (Lipinski definition) is 6. The smallest absolute Gasteiger partial charge is 0.306 e. The first kappa shape index (κ1) is 17.8. The number of fused-ring (bicyclic) bond motifs is 5. The molecule has 2 spiro atoms. The van der Waals surface area contributed by atoms with Crippen LogP contribution < -0.4 is 5.73 Å². The predicted octanol–water partition coefficient (Wildman–Crippen LogP) is 2.76. The molecule has 0 amide bonds. The third kappa shape index (κ3) is 1.41. The van der Waals surface area contributed by atoms with Gasteiger partial charge in [-0.05, 0) is 44.4 Å². The quantitative estimate of drug-likeness (QED) is 0.488. The molecule has 2 N–H and O–H groups in total. The van der Waals surface area contributed by atoms with Crippen molar-refractivity contribution in [2.45, 2.75) is 82.5 Å². The zero-order chi connectivity index (χ0) is 20.9. The zero-order valence-electron chi connectivity index (χ0n) is 17.6. The second-order valence-electron chi connectivity index (χ2n) is 11.6. The number of nitriles is 1. The van der Waals surface area contributed by atoms with Gasteiger partial charge in [-0.2, -0.15) is 5.26 Å². The van der Waals surface area contributed by atoms with Crippen molar-refractivity contribution in [1.82, 2.24) is 0 Å². The van der Waals surface area contributed by atoms with Crippen LogP contribution in [0.2, 0.25) is 0 Å². The van der Waals surface area contributed by atoms with E-state index in [0.29, 0.717) is 42.9 Å². The number of nitrogens with zero attached hydrogens (tertiary/aromatic N) is 1. The van der Waals surface area contributed by atoms with Crippen LogP contribution in [0.4, 0.5) is 0 Å². The molecule has 0 aromatic heterocycles. The number of hydrogen-bond donors (Lipinski definition) is 1. The Kier molecular flexibility index (Phi) is 2.75. The highest BCUT2D eigenvalue weighted by molar-refractivity contribution is 6.00. The van der Waals surface area contributed by atoms with Crippen molar-refractivity contribution in [2.24, 2.45) is 39.7 Å². The van der Waals surface area contributed by atoms with E-state index in [2.05, 4.69) is 19.9 Å². The molecule has 0 aromatic carbocycles. The minimum Gasteiger partial charge on any atom is -0.458 e. The summed E-state index contributed by atoms with van der Waals surface area (Å²) in [5.74, 6) is 0.519. The largest absolute Gasteiger partial charge is 0.458 e. The highest BCUT2D eigenvalue weighted by atomic mass is 16.6. The number of ether oxygens (including phenoxy) is 2. The number of carbonyl (C=O) groups is 2. The molecule has 0 radical (unpaired) electrons. The van der Waals surface area contributed by atoms with Crippen LogP contribution in [0.25, 0.3) is 0 Å². The van der Waals surface area contributed by atoms with Crippen LogP contribution >= 0.6 is 0 Å². The van der Waals surface area contributed by atoms with Crippen LogP contribution in [0.3, 0.4) is 0 Å². The van der Waals surface area contributed by atoms with Crippen molar-refractivity contribution < 1.29 is 19.1 Å². The van der Waals surface area contributed by atoms with Crippen molar-refractivity contribution in [3.63, 3.8) is 0 Å². The number of nitrogens with two attached hydrogens (primary N) is 1. The number of carbonyl (C=O) groups excluding carboxylic acids is 2. The molecule has 30 heavy (non-hydrogen) atoms. The van der Waals surface area contributed by atoms with Gasteiger partial charge in [0.2, 0.25) is 0 Å². The normalized spacial score (nSPS) is 59.5. The first-order valence-corrected chi connectivity index (χ1v) is 11.5. The van der Waals surface area contributed by atoms with E-state index in [1.54, 1.807) is 0 Å². The number of esters is 1. The Morgan fingerprint density at radius 1 is 1.13 bits per heavy atom. The molecule has 7 aliphatic rings. The summed E-state index contributed by atoms with van der Waals surface area (Å²) in [6, 6.07) is 2.61. The van der Waals surface area contributed by atoms with E-state index < -0.39 is 10.8 Å². The summed E-state index contributed by atoms with van der Waals surface area (Å²) >= 11 is 0. The highest BCUT2D eigenvalue weighted by Gasteiger charge is 2.88. The van der Waals surface area contributed by atoms with E-state index in [9.17, 15) is 14.9 Å². The minimum atomic E-state index is -0.813. The van der Waals surface area contributed by atoms with Gasteiger partial charge in [0, 0.05) is 46.8 Å². The Labute approximate surface area is 176 Å². The van der Waals surface area contributed by atoms with Crippen LogP contribution in [0, 0.1) is 45.3 Å². The van der Waals surface area contributed by atoms with E-state index in [-0.39, 0.29) is 46.3 Å². The first-order chi connectivity index (χ1) is 14.2. The van der Waals surface area contributed by atoms with Gasteiger partial charge in [-0.1, -0.05) is 13.8 Å². The lowest BCUT2D eigenvalue weighted by Crippen LogP contribution is -2.66. The summed E-state index contributed by atoms with van der Waals surface area (Å²) in [6.07, 6.45) is 5.92. The number of rotatable bonds is 0. The van der Waals surface area contributed by atoms with E-state index in [1.165, 1.54) is 0 Å². The molecule has 2 bridgehead atoms. The van der Waals surface area contributed by atoms with Crippen LogP contribution in [0.1, 0.15) is 65.2 Å². The lowest BCUT2D eigenvalue weighted by molar-refractivity contribution is -0.171. The summed E-state index contributed by atoms with van der Waals surface area (Å²) in [5, 5.41) is 10.4. The molecule has 2 aliphatic heterocycles. The fraction of sp³-hybridized carbons (Fsp3) is 0.792. The third-order valence-electron chi connectivity index (χ3n) is 11.3. The number of ketones is 1. The molecule has 0 aromatic rings. The molecule has 158 valence electrons. The van der Waals surface area contributed by atoms with E-state index in [4.69, 9.17) is 15.2 Å². The molecule has 7 rings (SSSR count). The Bertz CT molecular complexity index is 1030. The topological polar surface area (TPSA) is 106 Å². The molecular weight excluding hydrogens is 380 g/mol. The van der Waals surface area contributed by atoms with E-state index in [0.717, 1.165) is 25.7 Å². The Morgan fingerprint density at radius 3 is 2.63 bits per heavy atom. The second-order valence-corrected chi connectivity index (χ2v) is 11.6. The van der Waals surface area contributed by atoms with Crippen LogP contribution in [0.5, 0.6) is 0 Å². The summed E-state index contributed by atoms with van der Waals surface area (Å²) in [5.41, 5.74) is 5.90. The lowest BCUT2D eigenvalue weighted by atomic mass is 9.39. The van der Waals surface area contributed by atoms with Crippen LogP contribution in [0.15, 0.2) is 11.3 Å². The van der Waals surface area contributed by atoms with Crippen molar-refractivity contribution in [1.29, 1.82) is 5.26 Å². The predicted molar refractivity (Wildman–Crippen MR) is 104 cm³/mol. The summed E-state index contributed by atoms with van der Waals surface area (Å²) in [4.78, 5) is 25.1. The molecular formula is C24H28N2O4. The fourth-order valence-corrected chi connectivity index (χ4v) is 9.90. The van der Waals surface area contributed by atoms with Gasteiger partial charge >= 0.3 is 5.97 Å². The fourth-order valence-electron chi connectivity index (χ4n) is 9.90. The SMILES string of the molecule is CC12CC3O[C@@]34C(C1CC[C@@]21CCC(=O)O1)[C@@H]1C[C@]2(C#N)C(=C1N)C(=O)CCC42C. The summed E-state index contributed by atoms with van der Waals surface area (Å²) in [7, 11) is 0. The summed E-state index contributed by atoms with van der Waals surface area (Å²) in [6.45, 7) is 4.51. The molecule has 4 saturated carbocycles. The average molecular weight is 408 g/mol. The second kappa shape index (κ2) is 4.65. The highest BCUT2D eigenvalue weighted by Crippen LogP contribution is 2.83. The van der Waals surface area contributed by atoms with E-state index in [1.807, 2.05) is 0 Å². The van der Waals surface area contributed by atoms with Crippen molar-refractivity contribution >= 4 is 11.8 Å². The molecule has 9 atom stereocenters. The van der Waals surface area contributed by atoms with Crippen LogP contribution in [-0.2, 0) is 19.1 Å². The lowest BCUT2D eigenvalue weighted by Gasteiger charge is -2.61. The van der Waals surface area contributed by atoms with Gasteiger partial charge in [0.1, 0.15) is 11.2 Å². The zero-order valence-corrected chi connectivity index (χ0v) is 17.6. The monoisotopic (exact) mass is 408 g/mol. The van der Waals surface area contributed by atoms with Crippen molar-refractivity contribution in [3.05, 3.63) is 11.3 Å². The maximum Gasteiger partial charge on any atom is 0.306 e. The van der Waals surface area contributed by atoms with Crippen molar-refractivity contribution in [3.8, 4) is 6.07 Å². The van der Waals surface area contributed by atoms with Gasteiger partial charge in [0.05, 0.1) is 17.6 Å². The minimum absolute atomic E-state index is 0.0108. The maximum atomic E-state index is 13.0. The van der Waals surface area contributed by atoms with Gasteiger partial charge < -0.3 is 15.2 Å². The summed E-state index contributed by atoms with van der Waals surface area (Å²) < 4.78 is 12.8. The molecule has 5 unspecified atom stereocenters. The van der Waals surface area contributed by atoms with Crippen molar-refractivity contribution in [2.75, 3.05) is 0 Å². The molecule has 2 saturated heterocycles. The maximum absolute atomic E-state index is 13.0. The van der Waals surface area contributed by atoms with Gasteiger partial charge in [-0.3, -0.25) is 9.59 Å². The number of epoxide rings is 1. The number of allylic oxidation sites excluding steroid dienone is 2. The molecule has 6 nitrogen and oxygen atoms in total. The van der Waals surface area contributed by atoms with Gasteiger partial charge in [-0.15, -0.1) is 0 Å². The van der Waals surface area contributed by atoms with Gasteiger partial charge in [0.25, 0.3) is 0 Å². The van der Waals surface area contributed by atoms with Gasteiger partial charge in [-0.25, -0.2) is 0 Å². The third-order valence-corrected chi connectivity index (χ3v) is 11.3. The Hall–Kier alpha value is -1.87. The molecule has 6 heteroatoms. The standard InChI is InChI=1S/C24H28N2O4/c1-20-10-15-24(29-15)17(13(20)3-7-23(20)8-5-16(28)30-23)12-9-22(11-25)18(19(12)26)14(27)4-6-21(22,24)2/h12-13,15,17H,3-10,26H2,1-2H3/t12-,13?,15?,17?,20?,21?,22-,23+,24+/m0/s1. The first-order valence-electron chi connectivity index (χ1n) is 11.5. The Balaban J connectivity index is 1.44. The molecule has 5 aliphatic carbocycles. The average Bonchev–Trinajstić information content (AvgIpc) is 3.01. The number of Topliss-reactive ketones (excluding diaryl/α,β-unsaturated/α-hetero) is 1. The molecule has 2 heterocycles. The van der Waals surface area contributed by atoms with E-state index >= 15 is 0 Å². The van der Waals surface area contributed by atoms with Crippen LogP contribution in [-0.4, -0.2) is 29.1 Å².